The first-order chi connectivity index (χ1) is 6.70. The lowest BCUT2D eigenvalue weighted by atomic mass is 10.2. The molecule has 0 aromatic rings. The first-order valence-corrected chi connectivity index (χ1v) is 6.62. The average Bonchev–Trinajstić information content (AvgIpc) is 2.16. The topological polar surface area (TPSA) is 3.24 Å². The summed E-state index contributed by atoms with van der Waals surface area (Å²) < 4.78 is 0. The highest BCUT2D eigenvalue weighted by Crippen LogP contribution is 2.05. The van der Waals surface area contributed by atoms with Crippen molar-refractivity contribution in [2.24, 2.45) is 0 Å². The molecule has 1 nitrogen and oxygen atoms in total. The van der Waals surface area contributed by atoms with Gasteiger partial charge < -0.3 is 4.90 Å². The Morgan fingerprint density at radius 1 is 1.00 bits per heavy atom. The average molecular weight is 217 g/mol. The van der Waals surface area contributed by atoms with E-state index in [1.54, 1.807) is 0 Å². The quantitative estimate of drug-likeness (QED) is 0.578. The SMILES string of the molecule is CCCCN(CCCC)CCC(C)S. The van der Waals surface area contributed by atoms with Crippen molar-refractivity contribution in [3.63, 3.8) is 0 Å². The Kier molecular flexibility index (Phi) is 10.1. The molecule has 0 rings (SSSR count). The third kappa shape index (κ3) is 8.89. The molecule has 0 radical (unpaired) electrons. The molecule has 0 heterocycles. The predicted molar refractivity (Wildman–Crippen MR) is 69.3 cm³/mol. The minimum absolute atomic E-state index is 0.542. The summed E-state index contributed by atoms with van der Waals surface area (Å²) in [5, 5.41) is 0.542. The second-order valence-electron chi connectivity index (χ2n) is 4.19. The van der Waals surface area contributed by atoms with Crippen LogP contribution in [0.1, 0.15) is 52.9 Å². The van der Waals surface area contributed by atoms with E-state index in [0.29, 0.717) is 5.25 Å². The van der Waals surface area contributed by atoms with Crippen molar-refractivity contribution in [3.8, 4) is 0 Å². The van der Waals surface area contributed by atoms with Gasteiger partial charge in [0.25, 0.3) is 0 Å². The van der Waals surface area contributed by atoms with Crippen molar-refractivity contribution in [1.29, 1.82) is 0 Å². The van der Waals surface area contributed by atoms with Gasteiger partial charge in [-0.1, -0.05) is 33.6 Å². The third-order valence-corrected chi connectivity index (χ3v) is 2.78. The molecular weight excluding hydrogens is 190 g/mol. The molecule has 0 N–H and O–H groups in total. The molecule has 0 amide bonds. The zero-order valence-electron chi connectivity index (χ0n) is 10.1. The Morgan fingerprint density at radius 2 is 1.50 bits per heavy atom. The number of rotatable bonds is 9. The molecular formula is C12H27NS. The zero-order valence-corrected chi connectivity index (χ0v) is 11.0. The van der Waals surface area contributed by atoms with Crippen LogP contribution in [-0.4, -0.2) is 29.8 Å². The summed E-state index contributed by atoms with van der Waals surface area (Å²) in [5.74, 6) is 0. The summed E-state index contributed by atoms with van der Waals surface area (Å²) in [6.07, 6.45) is 6.50. The lowest BCUT2D eigenvalue weighted by Gasteiger charge is -2.22. The molecule has 0 saturated heterocycles. The van der Waals surface area contributed by atoms with Crippen LogP contribution in [0.2, 0.25) is 0 Å². The van der Waals surface area contributed by atoms with Crippen molar-refractivity contribution in [2.45, 2.75) is 58.1 Å². The number of thiol groups is 1. The van der Waals surface area contributed by atoms with Crippen LogP contribution in [0.5, 0.6) is 0 Å². The molecule has 1 atom stereocenters. The molecule has 0 aromatic carbocycles. The molecule has 2 heteroatoms. The Morgan fingerprint density at radius 3 is 1.86 bits per heavy atom. The van der Waals surface area contributed by atoms with E-state index in [-0.39, 0.29) is 0 Å². The van der Waals surface area contributed by atoms with Crippen molar-refractivity contribution < 1.29 is 0 Å². The van der Waals surface area contributed by atoms with E-state index >= 15 is 0 Å². The second kappa shape index (κ2) is 9.85. The van der Waals surface area contributed by atoms with Gasteiger partial charge >= 0.3 is 0 Å². The molecule has 86 valence electrons. The van der Waals surface area contributed by atoms with Crippen molar-refractivity contribution in [3.05, 3.63) is 0 Å². The maximum absolute atomic E-state index is 4.43. The van der Waals surface area contributed by atoms with Gasteiger partial charge in [0.2, 0.25) is 0 Å². The molecule has 14 heavy (non-hydrogen) atoms. The standard InChI is InChI=1S/C12H27NS/c1-4-6-9-13(10-7-5-2)11-8-12(3)14/h12,14H,4-11H2,1-3H3. The minimum atomic E-state index is 0.542. The molecule has 0 aliphatic heterocycles. The monoisotopic (exact) mass is 217 g/mol. The first kappa shape index (κ1) is 14.3. The van der Waals surface area contributed by atoms with Crippen LogP contribution in [0.25, 0.3) is 0 Å². The highest BCUT2D eigenvalue weighted by molar-refractivity contribution is 7.80. The van der Waals surface area contributed by atoms with Crippen LogP contribution >= 0.6 is 12.6 Å². The number of unbranched alkanes of at least 4 members (excludes halogenated alkanes) is 2. The highest BCUT2D eigenvalue weighted by Gasteiger charge is 2.04. The third-order valence-electron chi connectivity index (χ3n) is 2.52. The Bertz CT molecular complexity index is 107. The summed E-state index contributed by atoms with van der Waals surface area (Å²) in [4.78, 5) is 2.60. The van der Waals surface area contributed by atoms with Crippen LogP contribution in [0, 0.1) is 0 Å². The van der Waals surface area contributed by atoms with E-state index in [9.17, 15) is 0 Å². The summed E-state index contributed by atoms with van der Waals surface area (Å²) in [6.45, 7) is 10.5. The fraction of sp³-hybridized carbons (Fsp3) is 1.00. The number of nitrogens with zero attached hydrogens (tertiary/aromatic N) is 1. The fourth-order valence-electron chi connectivity index (χ4n) is 1.47. The molecule has 0 aliphatic carbocycles. The van der Waals surface area contributed by atoms with Crippen molar-refractivity contribution in [1.82, 2.24) is 4.90 Å². The van der Waals surface area contributed by atoms with E-state index in [1.165, 1.54) is 51.7 Å². The summed E-state index contributed by atoms with van der Waals surface area (Å²) >= 11 is 4.43. The first-order valence-electron chi connectivity index (χ1n) is 6.11. The minimum Gasteiger partial charge on any atom is -0.303 e. The fourth-order valence-corrected chi connectivity index (χ4v) is 1.58. The van der Waals surface area contributed by atoms with E-state index in [4.69, 9.17) is 0 Å². The van der Waals surface area contributed by atoms with E-state index < -0.39 is 0 Å². The van der Waals surface area contributed by atoms with Crippen LogP contribution in [0.4, 0.5) is 0 Å². The van der Waals surface area contributed by atoms with Crippen molar-refractivity contribution >= 4 is 12.6 Å². The molecule has 0 aliphatic rings. The van der Waals surface area contributed by atoms with Gasteiger partial charge in [-0.15, -0.1) is 0 Å². The molecule has 0 fully saturated rings. The maximum atomic E-state index is 4.43. The van der Waals surface area contributed by atoms with Gasteiger partial charge in [0.05, 0.1) is 0 Å². The van der Waals surface area contributed by atoms with E-state index in [2.05, 4.69) is 38.3 Å². The van der Waals surface area contributed by atoms with Gasteiger partial charge in [-0.2, -0.15) is 12.6 Å². The Hall–Kier alpha value is 0.310. The van der Waals surface area contributed by atoms with Gasteiger partial charge in [0, 0.05) is 5.25 Å². The van der Waals surface area contributed by atoms with Gasteiger partial charge in [-0.25, -0.2) is 0 Å². The Balaban J connectivity index is 3.60. The summed E-state index contributed by atoms with van der Waals surface area (Å²) in [5.41, 5.74) is 0. The lowest BCUT2D eigenvalue weighted by molar-refractivity contribution is 0.262. The van der Waals surface area contributed by atoms with Crippen LogP contribution in [-0.2, 0) is 0 Å². The van der Waals surface area contributed by atoms with Gasteiger partial charge in [0.1, 0.15) is 0 Å². The van der Waals surface area contributed by atoms with Gasteiger partial charge in [-0.3, -0.25) is 0 Å². The Labute approximate surface area is 95.7 Å². The van der Waals surface area contributed by atoms with Crippen LogP contribution in [0.15, 0.2) is 0 Å². The molecule has 0 aromatic heterocycles. The van der Waals surface area contributed by atoms with E-state index in [1.807, 2.05) is 0 Å². The van der Waals surface area contributed by atoms with E-state index in [0.717, 1.165) is 0 Å². The molecule has 0 spiro atoms. The smallest absolute Gasteiger partial charge is 0.0000573 e. The maximum Gasteiger partial charge on any atom is 0.0000573 e. The molecule has 0 saturated carbocycles. The second-order valence-corrected chi connectivity index (χ2v) is 5.07. The largest absolute Gasteiger partial charge is 0.303 e. The lowest BCUT2D eigenvalue weighted by Crippen LogP contribution is -2.28. The highest BCUT2D eigenvalue weighted by atomic mass is 32.1. The van der Waals surface area contributed by atoms with Gasteiger partial charge in [-0.05, 0) is 38.9 Å². The van der Waals surface area contributed by atoms with Crippen LogP contribution in [0.3, 0.4) is 0 Å². The molecule has 0 bridgehead atoms. The predicted octanol–water partition coefficient (Wildman–Crippen LogP) is 3.60. The normalized spacial score (nSPS) is 13.5. The van der Waals surface area contributed by atoms with Gasteiger partial charge in [0.15, 0.2) is 0 Å². The zero-order chi connectivity index (χ0) is 10.8. The molecule has 1 unspecified atom stereocenters. The van der Waals surface area contributed by atoms with Crippen molar-refractivity contribution in [2.75, 3.05) is 19.6 Å². The summed E-state index contributed by atoms with van der Waals surface area (Å²) in [7, 11) is 0. The number of hydrogen-bond acceptors (Lipinski definition) is 2. The number of hydrogen-bond donors (Lipinski definition) is 1. The summed E-state index contributed by atoms with van der Waals surface area (Å²) in [6, 6.07) is 0. The van der Waals surface area contributed by atoms with Crippen LogP contribution < -0.4 is 0 Å².